The molecular weight excluding hydrogens is 257 g/mol. The lowest BCUT2D eigenvalue weighted by Gasteiger charge is -2.08. The van der Waals surface area contributed by atoms with Crippen molar-refractivity contribution in [1.29, 1.82) is 0 Å². The Balaban J connectivity index is 1.84. The Labute approximate surface area is 115 Å². The maximum Gasteiger partial charge on any atom is 0.258 e. The largest absolute Gasteiger partial charge is 0.381 e. The minimum Gasteiger partial charge on any atom is -0.381 e. The number of rotatable bonds is 2. The number of benzene rings is 1. The van der Waals surface area contributed by atoms with Crippen LogP contribution in [0.25, 0.3) is 0 Å². The van der Waals surface area contributed by atoms with Gasteiger partial charge in [-0.25, -0.2) is 9.37 Å². The number of aryl methyl sites for hydroxylation is 2. The number of nitrogens with two attached hydrogens (primary N) is 1. The van der Waals surface area contributed by atoms with Gasteiger partial charge in [-0.1, -0.05) is 6.07 Å². The van der Waals surface area contributed by atoms with Crippen molar-refractivity contribution in [3.05, 3.63) is 53.0 Å². The smallest absolute Gasteiger partial charge is 0.258 e. The van der Waals surface area contributed by atoms with E-state index < -0.39 is 11.7 Å². The SMILES string of the molecule is Nc1nccc(C(=O)Nc2ccc3c(c2)CCC3)c1F. The molecule has 20 heavy (non-hydrogen) atoms. The summed E-state index contributed by atoms with van der Waals surface area (Å²) >= 11 is 0. The number of hydrogen-bond donors (Lipinski definition) is 2. The first-order chi connectivity index (χ1) is 9.65. The fourth-order valence-electron chi connectivity index (χ4n) is 2.48. The van der Waals surface area contributed by atoms with Crippen molar-refractivity contribution < 1.29 is 9.18 Å². The van der Waals surface area contributed by atoms with E-state index in [4.69, 9.17) is 5.73 Å². The minimum absolute atomic E-state index is 0.0991. The average Bonchev–Trinajstić information content (AvgIpc) is 2.89. The highest BCUT2D eigenvalue weighted by atomic mass is 19.1. The minimum atomic E-state index is -0.786. The molecule has 0 radical (unpaired) electrons. The Hall–Kier alpha value is -2.43. The maximum atomic E-state index is 13.7. The van der Waals surface area contributed by atoms with Crippen molar-refractivity contribution >= 4 is 17.4 Å². The molecule has 2 aromatic rings. The predicted molar refractivity (Wildman–Crippen MR) is 75.0 cm³/mol. The van der Waals surface area contributed by atoms with Crippen molar-refractivity contribution in [2.24, 2.45) is 0 Å². The second-order valence-corrected chi connectivity index (χ2v) is 4.85. The van der Waals surface area contributed by atoms with Crippen LogP contribution in [0.4, 0.5) is 15.9 Å². The molecule has 1 heterocycles. The molecular formula is C15H14FN3O. The van der Waals surface area contributed by atoms with Crippen LogP contribution in [0.2, 0.25) is 0 Å². The predicted octanol–water partition coefficient (Wildman–Crippen LogP) is 2.54. The van der Waals surface area contributed by atoms with E-state index in [1.807, 2.05) is 18.2 Å². The van der Waals surface area contributed by atoms with Crippen LogP contribution in [0.1, 0.15) is 27.9 Å². The van der Waals surface area contributed by atoms with Crippen LogP contribution in [0.15, 0.2) is 30.5 Å². The number of nitrogens with zero attached hydrogens (tertiary/aromatic N) is 1. The third-order valence-electron chi connectivity index (χ3n) is 3.52. The Bertz CT molecular complexity index is 685. The van der Waals surface area contributed by atoms with E-state index in [0.717, 1.165) is 19.3 Å². The normalized spacial score (nSPS) is 13.1. The molecule has 0 aliphatic heterocycles. The topological polar surface area (TPSA) is 68.0 Å². The van der Waals surface area contributed by atoms with Crippen LogP contribution in [-0.4, -0.2) is 10.9 Å². The van der Waals surface area contributed by atoms with Gasteiger partial charge in [0, 0.05) is 11.9 Å². The fraction of sp³-hybridized carbons (Fsp3) is 0.200. The Morgan fingerprint density at radius 2 is 2.05 bits per heavy atom. The molecule has 0 saturated heterocycles. The molecule has 0 unspecified atom stereocenters. The van der Waals surface area contributed by atoms with E-state index in [2.05, 4.69) is 10.3 Å². The zero-order valence-electron chi connectivity index (χ0n) is 10.8. The van der Waals surface area contributed by atoms with Gasteiger partial charge >= 0.3 is 0 Å². The van der Waals surface area contributed by atoms with Crippen LogP contribution in [0, 0.1) is 5.82 Å². The second kappa shape index (κ2) is 4.92. The Morgan fingerprint density at radius 3 is 2.90 bits per heavy atom. The summed E-state index contributed by atoms with van der Waals surface area (Å²) in [4.78, 5) is 15.7. The number of nitrogens with one attached hydrogen (secondary N) is 1. The van der Waals surface area contributed by atoms with Gasteiger partial charge in [0.2, 0.25) is 0 Å². The summed E-state index contributed by atoms with van der Waals surface area (Å²) in [7, 11) is 0. The first kappa shape index (κ1) is 12.6. The van der Waals surface area contributed by atoms with Crippen molar-refractivity contribution in [1.82, 2.24) is 4.98 Å². The van der Waals surface area contributed by atoms with E-state index in [0.29, 0.717) is 5.69 Å². The molecule has 0 fully saturated rings. The molecule has 1 aromatic carbocycles. The summed E-state index contributed by atoms with van der Waals surface area (Å²) < 4.78 is 13.7. The highest BCUT2D eigenvalue weighted by Crippen LogP contribution is 2.25. The second-order valence-electron chi connectivity index (χ2n) is 4.85. The first-order valence-electron chi connectivity index (χ1n) is 6.48. The average molecular weight is 271 g/mol. The number of nitrogen functional groups attached to an aromatic ring is 1. The van der Waals surface area contributed by atoms with Crippen molar-refractivity contribution in [2.45, 2.75) is 19.3 Å². The van der Waals surface area contributed by atoms with Gasteiger partial charge in [-0.2, -0.15) is 0 Å². The molecule has 1 aliphatic rings. The van der Waals surface area contributed by atoms with E-state index in [9.17, 15) is 9.18 Å². The van der Waals surface area contributed by atoms with Gasteiger partial charge in [-0.05, 0) is 48.6 Å². The summed E-state index contributed by atoms with van der Waals surface area (Å²) in [6.45, 7) is 0. The lowest BCUT2D eigenvalue weighted by Crippen LogP contribution is -2.15. The number of anilines is 2. The summed E-state index contributed by atoms with van der Waals surface area (Å²) in [6, 6.07) is 7.11. The number of halogens is 1. The summed E-state index contributed by atoms with van der Waals surface area (Å²) in [5.74, 6) is -1.58. The summed E-state index contributed by atoms with van der Waals surface area (Å²) in [5, 5.41) is 2.69. The summed E-state index contributed by atoms with van der Waals surface area (Å²) in [6.07, 6.45) is 4.56. The first-order valence-corrected chi connectivity index (χ1v) is 6.48. The van der Waals surface area contributed by atoms with Gasteiger partial charge in [0.15, 0.2) is 11.6 Å². The van der Waals surface area contributed by atoms with Crippen molar-refractivity contribution in [3.8, 4) is 0 Å². The van der Waals surface area contributed by atoms with Gasteiger partial charge in [-0.3, -0.25) is 4.79 Å². The molecule has 4 nitrogen and oxygen atoms in total. The molecule has 5 heteroatoms. The Morgan fingerprint density at radius 1 is 1.25 bits per heavy atom. The zero-order valence-corrected chi connectivity index (χ0v) is 10.8. The number of carbonyl (C=O) groups excluding carboxylic acids is 1. The monoisotopic (exact) mass is 271 g/mol. The zero-order chi connectivity index (χ0) is 14.1. The number of carbonyl (C=O) groups is 1. The van der Waals surface area contributed by atoms with Crippen LogP contribution in [0.5, 0.6) is 0 Å². The maximum absolute atomic E-state index is 13.7. The lowest BCUT2D eigenvalue weighted by atomic mass is 10.1. The number of hydrogen-bond acceptors (Lipinski definition) is 3. The number of aromatic nitrogens is 1. The van der Waals surface area contributed by atoms with Gasteiger partial charge < -0.3 is 11.1 Å². The van der Waals surface area contributed by atoms with E-state index in [1.165, 1.54) is 23.4 Å². The number of pyridine rings is 1. The third kappa shape index (κ3) is 2.22. The van der Waals surface area contributed by atoms with Crippen LogP contribution in [-0.2, 0) is 12.8 Å². The molecule has 0 saturated carbocycles. The third-order valence-corrected chi connectivity index (χ3v) is 3.52. The molecule has 0 atom stereocenters. The van der Waals surface area contributed by atoms with Crippen LogP contribution in [0.3, 0.4) is 0 Å². The van der Waals surface area contributed by atoms with Gasteiger partial charge in [0.1, 0.15) is 0 Å². The van der Waals surface area contributed by atoms with Crippen LogP contribution < -0.4 is 11.1 Å². The highest BCUT2D eigenvalue weighted by molar-refractivity contribution is 6.04. The standard InChI is InChI=1S/C15H14FN3O/c16-13-12(6-7-18-14(13)17)15(20)19-11-5-4-9-2-1-3-10(9)8-11/h4-8H,1-3H2,(H2,17,18)(H,19,20). The molecule has 0 bridgehead atoms. The molecule has 3 rings (SSSR count). The molecule has 1 aliphatic carbocycles. The fourth-order valence-corrected chi connectivity index (χ4v) is 2.48. The molecule has 1 aromatic heterocycles. The van der Waals surface area contributed by atoms with Crippen LogP contribution >= 0.6 is 0 Å². The molecule has 0 spiro atoms. The number of amides is 1. The van der Waals surface area contributed by atoms with Gasteiger partial charge in [0.25, 0.3) is 5.91 Å². The van der Waals surface area contributed by atoms with E-state index in [-0.39, 0.29) is 11.4 Å². The van der Waals surface area contributed by atoms with Gasteiger partial charge in [0.05, 0.1) is 5.56 Å². The van der Waals surface area contributed by atoms with E-state index >= 15 is 0 Å². The molecule has 1 amide bonds. The quantitative estimate of drug-likeness (QED) is 0.882. The summed E-state index contributed by atoms with van der Waals surface area (Å²) in [5.41, 5.74) is 8.50. The Kier molecular flexibility index (Phi) is 3.10. The van der Waals surface area contributed by atoms with Crippen molar-refractivity contribution in [3.63, 3.8) is 0 Å². The van der Waals surface area contributed by atoms with E-state index in [1.54, 1.807) is 0 Å². The lowest BCUT2D eigenvalue weighted by molar-refractivity contribution is 0.102. The highest BCUT2D eigenvalue weighted by Gasteiger charge is 2.16. The van der Waals surface area contributed by atoms with Crippen molar-refractivity contribution in [2.75, 3.05) is 11.1 Å². The number of fused-ring (bicyclic) bond motifs is 1. The van der Waals surface area contributed by atoms with Gasteiger partial charge in [-0.15, -0.1) is 0 Å². The molecule has 102 valence electrons. The molecule has 3 N–H and O–H groups in total.